The Morgan fingerprint density at radius 3 is 2.65 bits per heavy atom. The number of H-pyrrole nitrogens is 1. The van der Waals surface area contributed by atoms with Gasteiger partial charge in [0.05, 0.1) is 24.5 Å². The number of pyridine rings is 1. The smallest absolute Gasteiger partial charge is 0.228 e. The van der Waals surface area contributed by atoms with Crippen molar-refractivity contribution in [1.29, 1.82) is 0 Å². The van der Waals surface area contributed by atoms with Gasteiger partial charge in [0.1, 0.15) is 11.2 Å². The number of methoxy groups -OCH3 is 1. The van der Waals surface area contributed by atoms with E-state index < -0.39 is 0 Å². The Morgan fingerprint density at radius 2 is 1.90 bits per heavy atom. The second-order valence-electron chi connectivity index (χ2n) is 8.35. The molecule has 31 heavy (non-hydrogen) atoms. The highest BCUT2D eigenvalue weighted by atomic mass is 16.5. The van der Waals surface area contributed by atoms with Gasteiger partial charge in [-0.1, -0.05) is 0 Å². The lowest BCUT2D eigenvalue weighted by Crippen LogP contribution is -2.54. The van der Waals surface area contributed by atoms with Crippen LogP contribution < -0.4 is 20.3 Å². The predicted octanol–water partition coefficient (Wildman–Crippen LogP) is 2.56. The van der Waals surface area contributed by atoms with Crippen molar-refractivity contribution >= 4 is 34.0 Å². The fourth-order valence-corrected chi connectivity index (χ4v) is 4.34. The molecule has 1 fully saturated rings. The molecule has 5 heterocycles. The third kappa shape index (κ3) is 3.52. The van der Waals surface area contributed by atoms with E-state index in [0.29, 0.717) is 29.6 Å². The van der Waals surface area contributed by atoms with Gasteiger partial charge in [0.25, 0.3) is 0 Å². The molecule has 2 atom stereocenters. The summed E-state index contributed by atoms with van der Waals surface area (Å²) in [6.45, 7) is 10.1. The normalized spacial score (nSPS) is 19.3. The fraction of sp³-hybridized carbons (Fsp3) is 0.429. The Morgan fingerprint density at radius 1 is 1.13 bits per heavy atom. The van der Waals surface area contributed by atoms with Crippen molar-refractivity contribution in [3.05, 3.63) is 29.6 Å². The second kappa shape index (κ2) is 7.38. The van der Waals surface area contributed by atoms with Crippen molar-refractivity contribution in [2.75, 3.05) is 30.4 Å². The Labute approximate surface area is 180 Å². The average molecular weight is 422 g/mol. The summed E-state index contributed by atoms with van der Waals surface area (Å²) in [6.07, 6.45) is 1.90. The first-order chi connectivity index (χ1) is 14.9. The van der Waals surface area contributed by atoms with E-state index in [1.807, 2.05) is 32.2 Å². The van der Waals surface area contributed by atoms with Crippen LogP contribution in [0.5, 0.6) is 5.88 Å². The number of aromatic nitrogens is 6. The number of ether oxygens (including phenoxy) is 1. The summed E-state index contributed by atoms with van der Waals surface area (Å²) in [6, 6.07) is 4.77. The van der Waals surface area contributed by atoms with Crippen molar-refractivity contribution in [3.63, 3.8) is 0 Å². The van der Waals surface area contributed by atoms with Crippen LogP contribution in [0.3, 0.4) is 0 Å². The molecular formula is C21H27N9O. The van der Waals surface area contributed by atoms with Gasteiger partial charge >= 0.3 is 0 Å². The number of nitrogens with zero attached hydrogens (tertiary/aromatic N) is 6. The third-order valence-corrected chi connectivity index (χ3v) is 5.55. The van der Waals surface area contributed by atoms with Gasteiger partial charge in [0.2, 0.25) is 5.88 Å². The molecule has 0 unspecified atom stereocenters. The van der Waals surface area contributed by atoms with Crippen LogP contribution in [0.4, 0.5) is 17.5 Å². The molecule has 0 bridgehead atoms. The van der Waals surface area contributed by atoms with Crippen molar-refractivity contribution in [3.8, 4) is 5.88 Å². The molecule has 0 radical (unpaired) electrons. The summed E-state index contributed by atoms with van der Waals surface area (Å²) in [5, 5.41) is 19.9. The summed E-state index contributed by atoms with van der Waals surface area (Å²) >= 11 is 0. The minimum Gasteiger partial charge on any atom is -0.480 e. The molecule has 0 aliphatic carbocycles. The van der Waals surface area contributed by atoms with E-state index in [-0.39, 0.29) is 0 Å². The van der Waals surface area contributed by atoms with Crippen LogP contribution in [-0.4, -0.2) is 62.1 Å². The van der Waals surface area contributed by atoms with Gasteiger partial charge in [-0.05, 0) is 39.3 Å². The number of rotatable bonds is 4. The Balaban J connectivity index is 1.52. The zero-order chi connectivity index (χ0) is 21.7. The molecule has 10 nitrogen and oxygen atoms in total. The van der Waals surface area contributed by atoms with E-state index in [1.165, 1.54) is 0 Å². The molecule has 5 rings (SSSR count). The number of hydrogen-bond donors (Lipinski definition) is 3. The maximum atomic E-state index is 5.66. The molecule has 0 saturated carbocycles. The number of hydrogen-bond acceptors (Lipinski definition) is 8. The lowest BCUT2D eigenvalue weighted by molar-refractivity contribution is 0.393. The van der Waals surface area contributed by atoms with Crippen molar-refractivity contribution in [1.82, 2.24) is 35.1 Å². The van der Waals surface area contributed by atoms with Crippen LogP contribution in [0.25, 0.3) is 16.6 Å². The summed E-state index contributed by atoms with van der Waals surface area (Å²) in [7, 11) is 1.63. The number of aromatic amines is 1. The highest BCUT2D eigenvalue weighted by Crippen LogP contribution is 2.34. The Kier molecular flexibility index (Phi) is 4.66. The van der Waals surface area contributed by atoms with E-state index in [4.69, 9.17) is 9.72 Å². The molecule has 10 heteroatoms. The van der Waals surface area contributed by atoms with Gasteiger partial charge < -0.3 is 20.3 Å². The quantitative estimate of drug-likeness (QED) is 0.461. The first kappa shape index (κ1) is 19.6. The van der Waals surface area contributed by atoms with E-state index >= 15 is 0 Å². The first-order valence-electron chi connectivity index (χ1n) is 10.5. The molecule has 4 aromatic rings. The van der Waals surface area contributed by atoms with Crippen LogP contribution in [0.2, 0.25) is 0 Å². The molecule has 1 aliphatic rings. The monoisotopic (exact) mass is 421 g/mol. The van der Waals surface area contributed by atoms with E-state index in [1.54, 1.807) is 11.6 Å². The van der Waals surface area contributed by atoms with Crippen LogP contribution >= 0.6 is 0 Å². The Bertz CT molecular complexity index is 1250. The van der Waals surface area contributed by atoms with E-state index in [0.717, 1.165) is 46.7 Å². The molecule has 3 N–H and O–H groups in total. The molecule has 0 aromatic carbocycles. The molecule has 0 amide bonds. The van der Waals surface area contributed by atoms with Crippen LogP contribution in [0, 0.1) is 13.8 Å². The highest BCUT2D eigenvalue weighted by molar-refractivity contribution is 5.96. The molecular weight excluding hydrogens is 394 g/mol. The second-order valence-corrected chi connectivity index (χ2v) is 8.35. The lowest BCUT2D eigenvalue weighted by atomic mass is 10.1. The average Bonchev–Trinajstić information content (AvgIpc) is 3.30. The molecule has 162 valence electrons. The zero-order valence-electron chi connectivity index (χ0n) is 18.4. The van der Waals surface area contributed by atoms with Gasteiger partial charge in [0.15, 0.2) is 17.3 Å². The number of piperazine rings is 1. The van der Waals surface area contributed by atoms with Gasteiger partial charge in [-0.3, -0.25) is 5.10 Å². The zero-order valence-corrected chi connectivity index (χ0v) is 18.4. The number of anilines is 3. The highest BCUT2D eigenvalue weighted by Gasteiger charge is 2.24. The van der Waals surface area contributed by atoms with Gasteiger partial charge in [-0.25, -0.2) is 9.50 Å². The summed E-state index contributed by atoms with van der Waals surface area (Å²) in [5.41, 5.74) is 3.66. The van der Waals surface area contributed by atoms with E-state index in [9.17, 15) is 0 Å². The van der Waals surface area contributed by atoms with Gasteiger partial charge in [-0.15, -0.1) is 5.10 Å². The fourth-order valence-electron chi connectivity index (χ4n) is 4.34. The van der Waals surface area contributed by atoms with E-state index in [2.05, 4.69) is 49.7 Å². The maximum absolute atomic E-state index is 5.66. The SMILES string of the molecule is COc1nc(N2C[C@@H](C)N[C@@H](C)C2)cc2[nH]nc(Nc3cc(C)c4nc(C)cn4n3)c12. The van der Waals surface area contributed by atoms with Crippen LogP contribution in [-0.2, 0) is 0 Å². The predicted molar refractivity (Wildman–Crippen MR) is 120 cm³/mol. The lowest BCUT2D eigenvalue weighted by Gasteiger charge is -2.37. The number of nitrogens with one attached hydrogen (secondary N) is 3. The molecule has 4 aromatic heterocycles. The molecule has 1 saturated heterocycles. The minimum absolute atomic E-state index is 0.391. The largest absolute Gasteiger partial charge is 0.480 e. The van der Waals surface area contributed by atoms with Gasteiger partial charge in [-0.2, -0.15) is 10.1 Å². The summed E-state index contributed by atoms with van der Waals surface area (Å²) in [4.78, 5) is 11.6. The van der Waals surface area contributed by atoms with Crippen LogP contribution in [0.15, 0.2) is 18.3 Å². The molecule has 0 spiro atoms. The number of imidazole rings is 1. The minimum atomic E-state index is 0.391. The summed E-state index contributed by atoms with van der Waals surface area (Å²) < 4.78 is 7.44. The first-order valence-corrected chi connectivity index (χ1v) is 10.5. The standard InChI is InChI=1S/C21H27N9O/c1-11-6-16(28-30-10-14(4)23-20(11)30)24-19-18-15(26-27-19)7-17(25-21(18)31-5)29-8-12(2)22-13(3)9-29/h6-7,10,12-13,22H,8-9H2,1-5H3,(H2,24,26,27,28)/t12-,13+. The third-order valence-electron chi connectivity index (χ3n) is 5.55. The number of fused-ring (bicyclic) bond motifs is 2. The van der Waals surface area contributed by atoms with Crippen LogP contribution in [0.1, 0.15) is 25.1 Å². The maximum Gasteiger partial charge on any atom is 0.228 e. The van der Waals surface area contributed by atoms with Gasteiger partial charge in [0, 0.05) is 31.2 Å². The topological polar surface area (TPSA) is 108 Å². The van der Waals surface area contributed by atoms with Crippen molar-refractivity contribution < 1.29 is 4.74 Å². The number of aryl methyl sites for hydroxylation is 2. The van der Waals surface area contributed by atoms with Crippen molar-refractivity contribution in [2.45, 2.75) is 39.8 Å². The Hall–Kier alpha value is -3.40. The van der Waals surface area contributed by atoms with Crippen molar-refractivity contribution in [2.24, 2.45) is 0 Å². The summed E-state index contributed by atoms with van der Waals surface area (Å²) in [5.74, 6) is 2.70. The molecule has 1 aliphatic heterocycles.